The van der Waals surface area contributed by atoms with Gasteiger partial charge < -0.3 is 9.84 Å². The topological polar surface area (TPSA) is 66.8 Å². The van der Waals surface area contributed by atoms with E-state index in [1.807, 2.05) is 55.5 Å². The molecule has 1 unspecified atom stereocenters. The fourth-order valence-corrected chi connectivity index (χ4v) is 4.38. The Hall–Kier alpha value is -3.38. The van der Waals surface area contributed by atoms with Crippen LogP contribution in [-0.4, -0.2) is 23.4 Å². The van der Waals surface area contributed by atoms with Crippen LogP contribution in [0.25, 0.3) is 0 Å². The van der Waals surface area contributed by atoms with E-state index in [9.17, 15) is 14.7 Å². The highest BCUT2D eigenvalue weighted by Crippen LogP contribution is 2.43. The van der Waals surface area contributed by atoms with Gasteiger partial charge in [-0.1, -0.05) is 49.7 Å². The molecular weight excluding hydrogens is 422 g/mol. The van der Waals surface area contributed by atoms with Crippen molar-refractivity contribution in [3.05, 3.63) is 93.4 Å². The predicted molar refractivity (Wildman–Crippen MR) is 126 cm³/mol. The number of benzene rings is 2. The van der Waals surface area contributed by atoms with Gasteiger partial charge in [0.05, 0.1) is 23.1 Å². The molecule has 1 aliphatic rings. The molecular formula is C26H25NO4S. The van der Waals surface area contributed by atoms with Crippen LogP contribution >= 0.6 is 11.3 Å². The van der Waals surface area contributed by atoms with Crippen molar-refractivity contribution in [2.24, 2.45) is 5.92 Å². The molecule has 0 bridgehead atoms. The number of ketones is 1. The number of hydrogen-bond acceptors (Lipinski definition) is 5. The summed E-state index contributed by atoms with van der Waals surface area (Å²) in [5, 5.41) is 12.6. The third kappa shape index (κ3) is 4.18. The number of amides is 1. The summed E-state index contributed by atoms with van der Waals surface area (Å²) < 4.78 is 5.88. The van der Waals surface area contributed by atoms with Crippen molar-refractivity contribution in [2.45, 2.75) is 26.8 Å². The van der Waals surface area contributed by atoms with E-state index in [1.54, 1.807) is 17.5 Å². The van der Waals surface area contributed by atoms with Gasteiger partial charge in [0.1, 0.15) is 5.75 Å². The molecule has 2 heterocycles. The molecule has 164 valence electrons. The number of aryl methyl sites for hydroxylation is 1. The summed E-state index contributed by atoms with van der Waals surface area (Å²) in [4.78, 5) is 28.5. The highest BCUT2D eigenvalue weighted by Gasteiger charge is 2.44. The van der Waals surface area contributed by atoms with Gasteiger partial charge in [-0.3, -0.25) is 14.5 Å². The van der Waals surface area contributed by atoms with Gasteiger partial charge in [-0.25, -0.2) is 0 Å². The van der Waals surface area contributed by atoms with Crippen LogP contribution in [0, 0.1) is 12.8 Å². The van der Waals surface area contributed by atoms with Gasteiger partial charge in [0, 0.05) is 5.69 Å². The first-order chi connectivity index (χ1) is 15.4. The molecule has 1 aromatic heterocycles. The number of anilines is 1. The zero-order chi connectivity index (χ0) is 22.8. The zero-order valence-electron chi connectivity index (χ0n) is 18.2. The lowest BCUT2D eigenvalue weighted by atomic mass is 9.95. The lowest BCUT2D eigenvalue weighted by Crippen LogP contribution is -2.31. The van der Waals surface area contributed by atoms with Gasteiger partial charge in [-0.15, -0.1) is 11.3 Å². The maximum Gasteiger partial charge on any atom is 0.294 e. The average molecular weight is 448 g/mol. The van der Waals surface area contributed by atoms with E-state index in [-0.39, 0.29) is 11.4 Å². The minimum atomic E-state index is -0.762. The maximum absolute atomic E-state index is 13.4. The first-order valence-corrected chi connectivity index (χ1v) is 11.4. The minimum absolute atomic E-state index is 0.0824. The van der Waals surface area contributed by atoms with Crippen LogP contribution in [0.3, 0.4) is 0 Å². The summed E-state index contributed by atoms with van der Waals surface area (Å²) in [6.07, 6.45) is 0. The molecule has 0 aliphatic carbocycles. The molecule has 1 atom stereocenters. The smallest absolute Gasteiger partial charge is 0.294 e. The molecule has 0 radical (unpaired) electrons. The van der Waals surface area contributed by atoms with Gasteiger partial charge in [0.15, 0.2) is 5.76 Å². The molecule has 0 spiro atoms. The highest BCUT2D eigenvalue weighted by atomic mass is 32.1. The largest absolute Gasteiger partial charge is 0.503 e. The third-order valence-corrected chi connectivity index (χ3v) is 6.14. The Morgan fingerprint density at radius 1 is 1.12 bits per heavy atom. The van der Waals surface area contributed by atoms with Crippen molar-refractivity contribution in [3.63, 3.8) is 0 Å². The minimum Gasteiger partial charge on any atom is -0.503 e. The maximum atomic E-state index is 13.4. The van der Waals surface area contributed by atoms with Gasteiger partial charge in [0.25, 0.3) is 5.91 Å². The van der Waals surface area contributed by atoms with Gasteiger partial charge in [-0.05, 0) is 54.1 Å². The Balaban J connectivity index is 1.82. The SMILES string of the molecule is Cc1ccc(N2C(=O)C(O)=C(C(=O)c3cccs3)C2c2cccc(OCC(C)C)c2)cc1. The highest BCUT2D eigenvalue weighted by molar-refractivity contribution is 7.12. The van der Waals surface area contributed by atoms with E-state index in [4.69, 9.17) is 4.74 Å². The Bertz CT molecular complexity index is 1160. The molecule has 5 nitrogen and oxygen atoms in total. The van der Waals surface area contributed by atoms with Crippen molar-refractivity contribution < 1.29 is 19.4 Å². The molecule has 1 N–H and O–H groups in total. The number of thiophene rings is 1. The van der Waals surface area contributed by atoms with Crippen LogP contribution < -0.4 is 9.64 Å². The Morgan fingerprint density at radius 3 is 2.53 bits per heavy atom. The molecule has 1 aliphatic heterocycles. The lowest BCUT2D eigenvalue weighted by Gasteiger charge is -2.27. The number of rotatable bonds is 7. The molecule has 0 saturated heterocycles. The van der Waals surface area contributed by atoms with Crippen molar-refractivity contribution >= 4 is 28.7 Å². The van der Waals surface area contributed by atoms with E-state index in [1.165, 1.54) is 16.2 Å². The van der Waals surface area contributed by atoms with Crippen molar-refractivity contribution in [2.75, 3.05) is 11.5 Å². The third-order valence-electron chi connectivity index (χ3n) is 5.27. The first kappa shape index (κ1) is 21.8. The van der Waals surface area contributed by atoms with E-state index in [2.05, 4.69) is 13.8 Å². The molecule has 0 saturated carbocycles. The normalized spacial score (nSPS) is 16.2. The van der Waals surface area contributed by atoms with Crippen LogP contribution in [0.4, 0.5) is 5.69 Å². The lowest BCUT2D eigenvalue weighted by molar-refractivity contribution is -0.117. The summed E-state index contributed by atoms with van der Waals surface area (Å²) in [7, 11) is 0. The summed E-state index contributed by atoms with van der Waals surface area (Å²) in [6.45, 7) is 6.65. The molecule has 1 amide bonds. The molecule has 32 heavy (non-hydrogen) atoms. The summed E-state index contributed by atoms with van der Waals surface area (Å²) in [5.41, 5.74) is 2.44. The summed E-state index contributed by atoms with van der Waals surface area (Å²) in [6, 6.07) is 17.5. The average Bonchev–Trinajstić information content (AvgIpc) is 3.40. The van der Waals surface area contributed by atoms with E-state index < -0.39 is 17.7 Å². The number of ether oxygens (including phenoxy) is 1. The monoisotopic (exact) mass is 447 g/mol. The fraction of sp³-hybridized carbons (Fsp3) is 0.231. The van der Waals surface area contributed by atoms with Crippen LogP contribution in [0.15, 0.2) is 77.4 Å². The number of carbonyl (C=O) groups excluding carboxylic acids is 2. The van der Waals surface area contributed by atoms with E-state index in [0.29, 0.717) is 34.4 Å². The van der Waals surface area contributed by atoms with Crippen LogP contribution in [0.5, 0.6) is 5.75 Å². The summed E-state index contributed by atoms with van der Waals surface area (Å²) in [5.74, 6) is -0.439. The van der Waals surface area contributed by atoms with E-state index >= 15 is 0 Å². The van der Waals surface area contributed by atoms with Gasteiger partial charge >= 0.3 is 0 Å². The standard InChI is InChI=1S/C26H25NO4S/c1-16(2)15-31-20-7-4-6-18(14-20)23-22(24(28)21-8-5-13-32-21)25(29)26(30)27(23)19-11-9-17(3)10-12-19/h4-14,16,23,29H,15H2,1-3H3. The van der Waals surface area contributed by atoms with Crippen molar-refractivity contribution in [1.29, 1.82) is 0 Å². The van der Waals surface area contributed by atoms with Crippen molar-refractivity contribution in [3.8, 4) is 5.75 Å². The molecule has 3 aromatic rings. The number of aliphatic hydroxyl groups is 1. The number of hydrogen-bond donors (Lipinski definition) is 1. The Kier molecular flexibility index (Phi) is 6.15. The van der Waals surface area contributed by atoms with Crippen LogP contribution in [0.2, 0.25) is 0 Å². The molecule has 4 rings (SSSR count). The van der Waals surface area contributed by atoms with E-state index in [0.717, 1.165) is 5.56 Å². The van der Waals surface area contributed by atoms with Crippen LogP contribution in [0.1, 0.15) is 40.7 Å². The molecule has 2 aromatic carbocycles. The molecule has 6 heteroatoms. The quantitative estimate of drug-likeness (QED) is 0.460. The fourth-order valence-electron chi connectivity index (χ4n) is 3.70. The Morgan fingerprint density at radius 2 is 1.88 bits per heavy atom. The second kappa shape index (κ2) is 9.01. The summed E-state index contributed by atoms with van der Waals surface area (Å²) >= 11 is 1.28. The van der Waals surface area contributed by atoms with Crippen LogP contribution in [-0.2, 0) is 4.79 Å². The van der Waals surface area contributed by atoms with Gasteiger partial charge in [0.2, 0.25) is 5.78 Å². The predicted octanol–water partition coefficient (Wildman–Crippen LogP) is 5.87. The number of Topliss-reactive ketones (excluding diaryl/α,β-unsaturated/α-hetero) is 1. The number of aliphatic hydroxyl groups excluding tert-OH is 1. The molecule has 0 fully saturated rings. The number of nitrogens with zero attached hydrogens (tertiary/aromatic N) is 1. The van der Waals surface area contributed by atoms with Gasteiger partial charge in [-0.2, -0.15) is 0 Å². The second-order valence-corrected chi connectivity index (χ2v) is 9.21. The Labute approximate surface area is 191 Å². The van der Waals surface area contributed by atoms with Crippen molar-refractivity contribution in [1.82, 2.24) is 0 Å². The first-order valence-electron chi connectivity index (χ1n) is 10.5. The zero-order valence-corrected chi connectivity index (χ0v) is 19.1. The number of carbonyl (C=O) groups is 2. The second-order valence-electron chi connectivity index (χ2n) is 8.26.